The number of hydrogen-bond donors (Lipinski definition) is 1. The summed E-state index contributed by atoms with van der Waals surface area (Å²) in [6, 6.07) is 15.1. The molecule has 7 heteroatoms. The van der Waals surface area contributed by atoms with Crippen LogP contribution in [0.3, 0.4) is 0 Å². The minimum absolute atomic E-state index is 0.166. The summed E-state index contributed by atoms with van der Waals surface area (Å²) in [5.74, 6) is 2.04. The summed E-state index contributed by atoms with van der Waals surface area (Å²) in [7, 11) is 1.72. The molecule has 36 heavy (non-hydrogen) atoms. The van der Waals surface area contributed by atoms with Crippen molar-refractivity contribution < 1.29 is 14.0 Å². The number of ether oxygens (including phenoxy) is 2. The van der Waals surface area contributed by atoms with Crippen molar-refractivity contribution in [3.05, 3.63) is 65.7 Å². The number of fused-ring (bicyclic) bond motifs is 3. The van der Waals surface area contributed by atoms with Crippen LogP contribution in [0.25, 0.3) is 22.0 Å². The Morgan fingerprint density at radius 3 is 2.58 bits per heavy atom. The summed E-state index contributed by atoms with van der Waals surface area (Å²) in [6.07, 6.45) is 4.22. The maximum atomic E-state index is 5.92. The van der Waals surface area contributed by atoms with Crippen LogP contribution in [0.1, 0.15) is 42.8 Å². The van der Waals surface area contributed by atoms with Crippen LogP contribution >= 0.6 is 0 Å². The lowest BCUT2D eigenvalue weighted by atomic mass is 9.94. The molecule has 0 aliphatic carbocycles. The van der Waals surface area contributed by atoms with Gasteiger partial charge in [0.15, 0.2) is 0 Å². The lowest BCUT2D eigenvalue weighted by Gasteiger charge is -2.39. The minimum atomic E-state index is 0.166. The number of nitrogens with zero attached hydrogens (tertiary/aromatic N) is 3. The van der Waals surface area contributed by atoms with Crippen LogP contribution in [0.2, 0.25) is 0 Å². The Labute approximate surface area is 211 Å². The molecule has 4 aromatic rings. The van der Waals surface area contributed by atoms with E-state index in [1.54, 1.807) is 7.11 Å². The number of hydrogen-bond acceptors (Lipinski definition) is 7. The van der Waals surface area contributed by atoms with Crippen molar-refractivity contribution in [3.8, 4) is 16.9 Å². The van der Waals surface area contributed by atoms with E-state index in [1.807, 2.05) is 20.0 Å². The van der Waals surface area contributed by atoms with Crippen LogP contribution in [0.5, 0.6) is 5.75 Å². The highest BCUT2D eigenvalue weighted by molar-refractivity contribution is 6.03. The van der Waals surface area contributed by atoms with E-state index in [1.165, 1.54) is 11.3 Å². The third-order valence-corrected chi connectivity index (χ3v) is 7.74. The first-order valence-corrected chi connectivity index (χ1v) is 12.7. The predicted octanol–water partition coefficient (Wildman–Crippen LogP) is 6.26. The molecule has 0 spiro atoms. The standard InChI is InChI=1S/C29H32N4O3/c1-17-27(19(3)36-32-17)23-14-24-22(15-26(23)34-4)28-25(16-30-24)31-29(21-10-12-35-13-11-21)33(28)18(2)20-8-6-5-7-9-20/h5-9,14-16,18,21,29,31H,10-13H2,1-4H3/t18-,29?/m1/s1. The number of aromatic nitrogens is 2. The van der Waals surface area contributed by atoms with Crippen molar-refractivity contribution >= 4 is 22.3 Å². The van der Waals surface area contributed by atoms with Gasteiger partial charge in [-0.05, 0) is 51.3 Å². The Hall–Kier alpha value is -3.58. The van der Waals surface area contributed by atoms with Gasteiger partial charge in [0.25, 0.3) is 0 Å². The van der Waals surface area contributed by atoms with Crippen molar-refractivity contribution in [2.75, 3.05) is 30.5 Å². The summed E-state index contributed by atoms with van der Waals surface area (Å²) < 4.78 is 17.1. The minimum Gasteiger partial charge on any atom is -0.496 e. The third-order valence-electron chi connectivity index (χ3n) is 7.74. The Morgan fingerprint density at radius 2 is 1.89 bits per heavy atom. The molecule has 6 rings (SSSR count). The van der Waals surface area contributed by atoms with E-state index in [4.69, 9.17) is 19.0 Å². The molecule has 0 saturated carbocycles. The number of methoxy groups -OCH3 is 1. The van der Waals surface area contributed by atoms with E-state index in [0.29, 0.717) is 5.92 Å². The molecule has 0 amide bonds. The highest BCUT2D eigenvalue weighted by atomic mass is 16.5. The molecule has 0 radical (unpaired) electrons. The molecular formula is C29H32N4O3. The maximum absolute atomic E-state index is 5.92. The van der Waals surface area contributed by atoms with Gasteiger partial charge in [-0.3, -0.25) is 4.98 Å². The second kappa shape index (κ2) is 9.13. The largest absolute Gasteiger partial charge is 0.496 e. The van der Waals surface area contributed by atoms with Crippen LogP contribution in [0.15, 0.2) is 53.2 Å². The van der Waals surface area contributed by atoms with Crippen molar-refractivity contribution in [1.82, 2.24) is 10.1 Å². The molecule has 4 heterocycles. The van der Waals surface area contributed by atoms with E-state index in [0.717, 1.165) is 71.0 Å². The fourth-order valence-electron chi connectivity index (χ4n) is 5.89. The molecule has 186 valence electrons. The second-order valence-corrected chi connectivity index (χ2v) is 9.82. The summed E-state index contributed by atoms with van der Waals surface area (Å²) in [5.41, 5.74) is 7.20. The molecule has 2 aromatic carbocycles. The van der Waals surface area contributed by atoms with E-state index in [9.17, 15) is 0 Å². The number of pyridine rings is 1. The van der Waals surface area contributed by atoms with Gasteiger partial charge in [-0.1, -0.05) is 35.5 Å². The van der Waals surface area contributed by atoms with Crippen LogP contribution < -0.4 is 15.0 Å². The van der Waals surface area contributed by atoms with E-state index < -0.39 is 0 Å². The smallest absolute Gasteiger partial charge is 0.141 e. The Morgan fingerprint density at radius 1 is 1.11 bits per heavy atom. The predicted molar refractivity (Wildman–Crippen MR) is 142 cm³/mol. The average Bonchev–Trinajstić information content (AvgIpc) is 3.48. The van der Waals surface area contributed by atoms with Crippen molar-refractivity contribution in [3.63, 3.8) is 0 Å². The van der Waals surface area contributed by atoms with Crippen molar-refractivity contribution in [1.29, 1.82) is 0 Å². The summed E-state index contributed by atoms with van der Waals surface area (Å²) in [4.78, 5) is 7.44. The quantitative estimate of drug-likeness (QED) is 0.358. The van der Waals surface area contributed by atoms with Crippen LogP contribution in [0.4, 0.5) is 11.4 Å². The lowest BCUT2D eigenvalue weighted by molar-refractivity contribution is 0.0601. The zero-order valence-corrected chi connectivity index (χ0v) is 21.2. The van der Waals surface area contributed by atoms with Crippen molar-refractivity contribution in [2.45, 2.75) is 45.8 Å². The summed E-state index contributed by atoms with van der Waals surface area (Å²) in [5, 5.41) is 9.07. The van der Waals surface area contributed by atoms with E-state index >= 15 is 0 Å². The molecule has 1 fully saturated rings. The third kappa shape index (κ3) is 3.69. The number of rotatable bonds is 5. The SMILES string of the molecule is COc1cc2c3c(cnc2cc1-c1c(C)noc1C)NC(C1CCOCC1)N3[C@H](C)c1ccccc1. The fourth-order valence-corrected chi connectivity index (χ4v) is 5.89. The summed E-state index contributed by atoms with van der Waals surface area (Å²) >= 11 is 0. The first kappa shape index (κ1) is 22.9. The van der Waals surface area contributed by atoms with Gasteiger partial charge < -0.3 is 24.2 Å². The number of anilines is 2. The topological polar surface area (TPSA) is 72.7 Å². The van der Waals surface area contributed by atoms with Gasteiger partial charge in [0.1, 0.15) is 17.7 Å². The molecule has 2 atom stereocenters. The molecular weight excluding hydrogens is 452 g/mol. The molecule has 7 nitrogen and oxygen atoms in total. The average molecular weight is 485 g/mol. The Balaban J connectivity index is 1.53. The fraction of sp³-hybridized carbons (Fsp3) is 0.379. The van der Waals surface area contributed by atoms with Gasteiger partial charge >= 0.3 is 0 Å². The highest BCUT2D eigenvalue weighted by Crippen LogP contribution is 2.49. The summed E-state index contributed by atoms with van der Waals surface area (Å²) in [6.45, 7) is 7.79. The Bertz CT molecular complexity index is 1380. The lowest BCUT2D eigenvalue weighted by Crippen LogP contribution is -2.45. The Kier molecular flexibility index (Phi) is 5.80. The van der Waals surface area contributed by atoms with E-state index in [2.05, 4.69) is 64.8 Å². The van der Waals surface area contributed by atoms with Gasteiger partial charge in [0.2, 0.25) is 0 Å². The zero-order valence-electron chi connectivity index (χ0n) is 21.2. The van der Waals surface area contributed by atoms with Gasteiger partial charge in [-0.15, -0.1) is 0 Å². The number of nitrogens with one attached hydrogen (secondary N) is 1. The molecule has 0 bridgehead atoms. The second-order valence-electron chi connectivity index (χ2n) is 9.82. The molecule has 1 saturated heterocycles. The molecule has 2 aliphatic rings. The number of aryl methyl sites for hydroxylation is 2. The molecule has 1 N–H and O–H groups in total. The first-order chi connectivity index (χ1) is 17.6. The van der Waals surface area contributed by atoms with E-state index in [-0.39, 0.29) is 12.2 Å². The first-order valence-electron chi connectivity index (χ1n) is 12.7. The van der Waals surface area contributed by atoms with Crippen LogP contribution in [-0.4, -0.2) is 36.6 Å². The molecule has 1 unspecified atom stereocenters. The van der Waals surface area contributed by atoms with Gasteiger partial charge in [-0.25, -0.2) is 0 Å². The monoisotopic (exact) mass is 484 g/mol. The highest BCUT2D eigenvalue weighted by Gasteiger charge is 2.40. The number of benzene rings is 2. The zero-order chi connectivity index (χ0) is 24.8. The van der Waals surface area contributed by atoms with Crippen LogP contribution in [0, 0.1) is 19.8 Å². The van der Waals surface area contributed by atoms with Gasteiger partial charge in [0, 0.05) is 30.1 Å². The molecule has 2 aromatic heterocycles. The normalized spacial score (nSPS) is 18.8. The maximum Gasteiger partial charge on any atom is 0.141 e. The van der Waals surface area contributed by atoms with Crippen LogP contribution in [-0.2, 0) is 4.74 Å². The van der Waals surface area contributed by atoms with Crippen molar-refractivity contribution in [2.24, 2.45) is 5.92 Å². The van der Waals surface area contributed by atoms with Gasteiger partial charge in [0.05, 0.1) is 47.5 Å². The molecule has 2 aliphatic heterocycles. The van der Waals surface area contributed by atoms with Gasteiger partial charge in [-0.2, -0.15) is 0 Å².